The van der Waals surface area contributed by atoms with Crippen molar-refractivity contribution in [3.63, 3.8) is 0 Å². The summed E-state index contributed by atoms with van der Waals surface area (Å²) in [7, 11) is 0. The fourth-order valence-electron chi connectivity index (χ4n) is 1.17. The maximum absolute atomic E-state index is 5.60. The van der Waals surface area contributed by atoms with Gasteiger partial charge in [0.2, 0.25) is 0 Å². The van der Waals surface area contributed by atoms with Crippen LogP contribution in [0.1, 0.15) is 28.9 Å². The van der Waals surface area contributed by atoms with Gasteiger partial charge in [0, 0.05) is 6.54 Å². The zero-order valence-electron chi connectivity index (χ0n) is 8.42. The van der Waals surface area contributed by atoms with Crippen LogP contribution in [-0.4, -0.2) is 11.5 Å². The van der Waals surface area contributed by atoms with E-state index in [0.717, 1.165) is 17.1 Å². The highest BCUT2D eigenvalue weighted by Crippen LogP contribution is 2.20. The van der Waals surface area contributed by atoms with E-state index in [1.165, 1.54) is 10.5 Å². The molecule has 0 amide bonds. The van der Waals surface area contributed by atoms with Crippen LogP contribution in [0.25, 0.3) is 6.08 Å². The Labute approximate surface area is 83.5 Å². The number of nitrogens with two attached hydrogens (primary N) is 1. The quantitative estimate of drug-likeness (QED) is 0.806. The Morgan fingerprint density at radius 2 is 2.23 bits per heavy atom. The highest BCUT2D eigenvalue weighted by atomic mass is 32.1. The minimum atomic E-state index is 0.646. The molecule has 0 radical (unpaired) electrons. The molecule has 13 heavy (non-hydrogen) atoms. The normalized spacial score (nSPS) is 12.2. The second kappa shape index (κ2) is 4.53. The van der Waals surface area contributed by atoms with Crippen LogP contribution in [-0.2, 0) is 0 Å². The summed E-state index contributed by atoms with van der Waals surface area (Å²) in [4.78, 5) is 5.62. The molecule has 1 aromatic heterocycles. The van der Waals surface area contributed by atoms with Crippen LogP contribution in [0.2, 0.25) is 0 Å². The van der Waals surface area contributed by atoms with E-state index in [1.807, 2.05) is 13.8 Å². The lowest BCUT2D eigenvalue weighted by Crippen LogP contribution is -2.01. The van der Waals surface area contributed by atoms with Crippen LogP contribution in [0.5, 0.6) is 0 Å². The molecule has 0 aromatic carbocycles. The Morgan fingerprint density at radius 3 is 2.62 bits per heavy atom. The molecular formula is C10H16N2S. The molecule has 1 aromatic rings. The molecule has 0 atom stereocenters. The lowest BCUT2D eigenvalue weighted by atomic mass is 10.2. The van der Waals surface area contributed by atoms with Crippen LogP contribution >= 0.6 is 11.3 Å². The third kappa shape index (κ3) is 2.64. The van der Waals surface area contributed by atoms with Crippen LogP contribution in [0, 0.1) is 13.8 Å². The molecule has 72 valence electrons. The van der Waals surface area contributed by atoms with Gasteiger partial charge in [-0.05, 0) is 26.3 Å². The van der Waals surface area contributed by atoms with E-state index in [1.54, 1.807) is 11.3 Å². The van der Waals surface area contributed by atoms with Crippen molar-refractivity contribution in [3.8, 4) is 0 Å². The minimum absolute atomic E-state index is 0.646. The first-order valence-corrected chi connectivity index (χ1v) is 5.32. The highest BCUT2D eigenvalue weighted by Gasteiger charge is 2.02. The average Bonchev–Trinajstić information content (AvgIpc) is 2.41. The van der Waals surface area contributed by atoms with Gasteiger partial charge in [0.1, 0.15) is 0 Å². The number of aryl methyl sites for hydroxylation is 2. The molecule has 0 aliphatic rings. The number of thiazole rings is 1. The van der Waals surface area contributed by atoms with Crippen LogP contribution < -0.4 is 5.73 Å². The summed E-state index contributed by atoms with van der Waals surface area (Å²) in [5, 5.41) is 1.12. The van der Waals surface area contributed by atoms with Crippen LogP contribution in [0.3, 0.4) is 0 Å². The molecule has 0 unspecified atom stereocenters. The van der Waals surface area contributed by atoms with Crippen molar-refractivity contribution in [3.05, 3.63) is 21.2 Å². The summed E-state index contributed by atoms with van der Waals surface area (Å²) in [6, 6.07) is 0. The van der Waals surface area contributed by atoms with Gasteiger partial charge in [0.05, 0.1) is 15.6 Å². The predicted octanol–water partition coefficient (Wildman–Crippen LogP) is 2.51. The van der Waals surface area contributed by atoms with E-state index >= 15 is 0 Å². The van der Waals surface area contributed by atoms with Gasteiger partial charge in [-0.2, -0.15) is 0 Å². The van der Waals surface area contributed by atoms with Gasteiger partial charge in [-0.15, -0.1) is 11.3 Å². The van der Waals surface area contributed by atoms with Crippen molar-refractivity contribution in [2.24, 2.45) is 5.73 Å². The Kier molecular flexibility index (Phi) is 3.63. The van der Waals surface area contributed by atoms with E-state index in [9.17, 15) is 0 Å². The number of rotatable bonds is 3. The molecule has 0 aliphatic heterocycles. The molecule has 0 aliphatic carbocycles. The lowest BCUT2D eigenvalue weighted by Gasteiger charge is -1.98. The van der Waals surface area contributed by atoms with E-state index < -0.39 is 0 Å². The molecule has 0 saturated carbocycles. The third-order valence-corrected chi connectivity index (χ3v) is 3.01. The molecule has 0 saturated heterocycles. The Balaban J connectivity index is 2.95. The average molecular weight is 196 g/mol. The second-order valence-electron chi connectivity index (χ2n) is 3.04. The van der Waals surface area contributed by atoms with Crippen molar-refractivity contribution in [1.29, 1.82) is 0 Å². The van der Waals surface area contributed by atoms with E-state index in [-0.39, 0.29) is 0 Å². The number of hydrogen-bond donors (Lipinski definition) is 1. The first-order chi connectivity index (χ1) is 6.17. The fraction of sp³-hybridized carbons (Fsp3) is 0.500. The van der Waals surface area contributed by atoms with Gasteiger partial charge in [-0.25, -0.2) is 4.98 Å². The summed E-state index contributed by atoms with van der Waals surface area (Å²) in [5.74, 6) is 0. The van der Waals surface area contributed by atoms with Crippen molar-refractivity contribution >= 4 is 17.4 Å². The van der Waals surface area contributed by atoms with Crippen molar-refractivity contribution in [2.45, 2.75) is 27.2 Å². The Hall–Kier alpha value is -0.670. The predicted molar refractivity (Wildman–Crippen MR) is 58.9 cm³/mol. The Morgan fingerprint density at radius 1 is 1.54 bits per heavy atom. The second-order valence-corrected chi connectivity index (χ2v) is 4.28. The van der Waals surface area contributed by atoms with Gasteiger partial charge < -0.3 is 5.73 Å². The summed E-state index contributed by atoms with van der Waals surface area (Å²) in [5.41, 5.74) is 8.00. The van der Waals surface area contributed by atoms with Gasteiger partial charge in [0.15, 0.2) is 0 Å². The smallest absolute Gasteiger partial charge is 0.0903 e. The molecule has 2 N–H and O–H groups in total. The van der Waals surface area contributed by atoms with E-state index in [4.69, 9.17) is 5.73 Å². The zero-order chi connectivity index (χ0) is 9.84. The maximum Gasteiger partial charge on any atom is 0.0903 e. The molecule has 3 heteroatoms. The zero-order valence-corrected chi connectivity index (χ0v) is 9.24. The standard InChI is InChI=1S/C10H16N2S/c1-4-9(6-11)5-10-7(2)12-8(3)13-10/h5H,4,6,11H2,1-3H3/b9-5+. The minimum Gasteiger partial charge on any atom is -0.327 e. The Bertz CT molecular complexity index is 307. The molecule has 0 bridgehead atoms. The lowest BCUT2D eigenvalue weighted by molar-refractivity contribution is 1.02. The fourth-order valence-corrected chi connectivity index (χ4v) is 2.09. The topological polar surface area (TPSA) is 38.9 Å². The molecule has 1 heterocycles. The van der Waals surface area contributed by atoms with Crippen molar-refractivity contribution in [2.75, 3.05) is 6.54 Å². The molecule has 2 nitrogen and oxygen atoms in total. The SMILES string of the molecule is CC/C(=C\c1sc(C)nc1C)CN. The first kappa shape index (κ1) is 10.4. The van der Waals surface area contributed by atoms with Crippen LogP contribution in [0.4, 0.5) is 0 Å². The summed E-state index contributed by atoms with van der Waals surface area (Å²) in [6.45, 7) is 6.84. The number of nitrogens with zero attached hydrogens (tertiary/aromatic N) is 1. The van der Waals surface area contributed by atoms with Gasteiger partial charge in [-0.3, -0.25) is 0 Å². The van der Waals surface area contributed by atoms with E-state index in [0.29, 0.717) is 6.54 Å². The molecular weight excluding hydrogens is 180 g/mol. The number of hydrogen-bond acceptors (Lipinski definition) is 3. The molecule has 1 rings (SSSR count). The van der Waals surface area contributed by atoms with Gasteiger partial charge >= 0.3 is 0 Å². The van der Waals surface area contributed by atoms with Crippen molar-refractivity contribution in [1.82, 2.24) is 4.98 Å². The monoisotopic (exact) mass is 196 g/mol. The van der Waals surface area contributed by atoms with Crippen LogP contribution in [0.15, 0.2) is 5.57 Å². The van der Waals surface area contributed by atoms with Gasteiger partial charge in [0.25, 0.3) is 0 Å². The summed E-state index contributed by atoms with van der Waals surface area (Å²) in [6.07, 6.45) is 3.19. The summed E-state index contributed by atoms with van der Waals surface area (Å²) < 4.78 is 0. The highest BCUT2D eigenvalue weighted by molar-refractivity contribution is 7.12. The molecule has 0 fully saturated rings. The van der Waals surface area contributed by atoms with E-state index in [2.05, 4.69) is 18.0 Å². The molecule has 0 spiro atoms. The first-order valence-electron chi connectivity index (χ1n) is 4.51. The summed E-state index contributed by atoms with van der Waals surface area (Å²) >= 11 is 1.73. The van der Waals surface area contributed by atoms with Gasteiger partial charge in [-0.1, -0.05) is 12.5 Å². The third-order valence-electron chi connectivity index (χ3n) is 1.99. The van der Waals surface area contributed by atoms with Crippen molar-refractivity contribution < 1.29 is 0 Å². The largest absolute Gasteiger partial charge is 0.327 e. The number of aromatic nitrogens is 1. The maximum atomic E-state index is 5.60.